The standard InChI is InChI=1S/C14H20N2O3S/c1-3-11-5-4-7-15(8-6-11)14-12(16(18)19)9-13(20-14)10(2)17/h9,11H,3-8H2,1-2H3. The molecule has 5 nitrogen and oxygen atoms in total. The van der Waals surface area contributed by atoms with Gasteiger partial charge in [0.2, 0.25) is 0 Å². The molecule has 1 aromatic heterocycles. The first-order valence-corrected chi connectivity index (χ1v) is 7.88. The monoisotopic (exact) mass is 296 g/mol. The highest BCUT2D eigenvalue weighted by molar-refractivity contribution is 7.18. The molecule has 1 saturated heterocycles. The third kappa shape index (κ3) is 3.17. The maximum Gasteiger partial charge on any atom is 0.304 e. The Hall–Kier alpha value is -1.43. The number of nitro groups is 1. The van der Waals surface area contributed by atoms with E-state index < -0.39 is 0 Å². The Labute approximate surface area is 122 Å². The molecule has 2 rings (SSSR count). The number of thiophene rings is 1. The molecule has 0 aromatic carbocycles. The molecule has 1 fully saturated rings. The maximum atomic E-state index is 11.5. The first-order valence-electron chi connectivity index (χ1n) is 7.07. The minimum Gasteiger partial charge on any atom is -0.358 e. The maximum absolute atomic E-state index is 11.5. The van der Waals surface area contributed by atoms with Crippen LogP contribution in [0, 0.1) is 16.0 Å². The molecule has 0 spiro atoms. The number of nitrogens with zero attached hydrogens (tertiary/aromatic N) is 2. The lowest BCUT2D eigenvalue weighted by Gasteiger charge is -2.20. The molecule has 1 unspecified atom stereocenters. The Bertz CT molecular complexity index is 513. The van der Waals surface area contributed by atoms with Crippen molar-refractivity contribution in [3.63, 3.8) is 0 Å². The van der Waals surface area contributed by atoms with E-state index in [1.54, 1.807) is 0 Å². The van der Waals surface area contributed by atoms with E-state index in [1.807, 2.05) is 0 Å². The lowest BCUT2D eigenvalue weighted by molar-refractivity contribution is -0.383. The topological polar surface area (TPSA) is 63.5 Å². The van der Waals surface area contributed by atoms with Crippen LogP contribution >= 0.6 is 11.3 Å². The molecule has 20 heavy (non-hydrogen) atoms. The highest BCUT2D eigenvalue weighted by Crippen LogP contribution is 2.39. The van der Waals surface area contributed by atoms with Gasteiger partial charge in [-0.1, -0.05) is 13.3 Å². The largest absolute Gasteiger partial charge is 0.358 e. The Morgan fingerprint density at radius 3 is 2.85 bits per heavy atom. The van der Waals surface area contributed by atoms with Crippen LogP contribution in [0.3, 0.4) is 0 Å². The predicted octanol–water partition coefficient (Wildman–Crippen LogP) is 3.88. The Kier molecular flexibility index (Phi) is 4.75. The average Bonchev–Trinajstić information content (AvgIpc) is 2.72. The zero-order valence-electron chi connectivity index (χ0n) is 11.9. The lowest BCUT2D eigenvalue weighted by atomic mass is 9.98. The van der Waals surface area contributed by atoms with Crippen LogP contribution in [-0.2, 0) is 0 Å². The van der Waals surface area contributed by atoms with Crippen molar-refractivity contribution in [3.8, 4) is 0 Å². The fourth-order valence-electron chi connectivity index (χ4n) is 2.68. The van der Waals surface area contributed by atoms with E-state index in [0.717, 1.165) is 25.9 Å². The number of hydrogen-bond donors (Lipinski definition) is 0. The van der Waals surface area contributed by atoms with Crippen molar-refractivity contribution in [3.05, 3.63) is 21.1 Å². The van der Waals surface area contributed by atoms with Gasteiger partial charge in [-0.3, -0.25) is 14.9 Å². The van der Waals surface area contributed by atoms with Crippen molar-refractivity contribution in [1.82, 2.24) is 0 Å². The summed E-state index contributed by atoms with van der Waals surface area (Å²) in [7, 11) is 0. The Morgan fingerprint density at radius 2 is 2.25 bits per heavy atom. The van der Waals surface area contributed by atoms with Crippen LogP contribution < -0.4 is 4.90 Å². The van der Waals surface area contributed by atoms with E-state index >= 15 is 0 Å². The van der Waals surface area contributed by atoms with Crippen molar-refractivity contribution in [2.24, 2.45) is 5.92 Å². The molecule has 0 radical (unpaired) electrons. The molecule has 2 heterocycles. The number of rotatable bonds is 4. The van der Waals surface area contributed by atoms with Gasteiger partial charge in [0, 0.05) is 19.2 Å². The van der Waals surface area contributed by atoms with E-state index in [2.05, 4.69) is 11.8 Å². The van der Waals surface area contributed by atoms with Crippen LogP contribution in [0.5, 0.6) is 0 Å². The summed E-state index contributed by atoms with van der Waals surface area (Å²) in [5.41, 5.74) is 0.0788. The number of carbonyl (C=O) groups excluding carboxylic acids is 1. The van der Waals surface area contributed by atoms with E-state index in [9.17, 15) is 14.9 Å². The third-order valence-corrected chi connectivity index (χ3v) is 5.24. The van der Waals surface area contributed by atoms with Crippen LogP contribution in [0.15, 0.2) is 6.07 Å². The molecule has 6 heteroatoms. The summed E-state index contributed by atoms with van der Waals surface area (Å²) in [6.07, 6.45) is 4.48. The predicted molar refractivity (Wildman–Crippen MR) is 80.8 cm³/mol. The first kappa shape index (κ1) is 15.0. The van der Waals surface area contributed by atoms with Gasteiger partial charge in [-0.2, -0.15) is 0 Å². The number of carbonyl (C=O) groups is 1. The summed E-state index contributed by atoms with van der Waals surface area (Å²) >= 11 is 1.26. The zero-order valence-corrected chi connectivity index (χ0v) is 12.7. The van der Waals surface area contributed by atoms with Crippen molar-refractivity contribution in [2.45, 2.75) is 39.5 Å². The smallest absolute Gasteiger partial charge is 0.304 e. The van der Waals surface area contributed by atoms with Crippen LogP contribution in [0.2, 0.25) is 0 Å². The molecule has 1 aliphatic heterocycles. The minimum absolute atomic E-state index is 0.0788. The summed E-state index contributed by atoms with van der Waals surface area (Å²) in [6.45, 7) is 5.34. The van der Waals surface area contributed by atoms with Crippen LogP contribution in [0.25, 0.3) is 0 Å². The minimum atomic E-state index is -0.375. The van der Waals surface area contributed by atoms with E-state index in [0.29, 0.717) is 15.8 Å². The Balaban J connectivity index is 2.26. The molecule has 0 saturated carbocycles. The Morgan fingerprint density at radius 1 is 1.50 bits per heavy atom. The molecule has 1 aliphatic rings. The summed E-state index contributed by atoms with van der Waals surface area (Å²) in [5, 5.41) is 11.8. The van der Waals surface area contributed by atoms with Gasteiger partial charge in [0.1, 0.15) is 0 Å². The van der Waals surface area contributed by atoms with Crippen LogP contribution in [0.4, 0.5) is 10.7 Å². The number of hydrogen-bond acceptors (Lipinski definition) is 5. The quantitative estimate of drug-likeness (QED) is 0.480. The van der Waals surface area contributed by atoms with Gasteiger partial charge in [0.15, 0.2) is 10.8 Å². The molecule has 0 amide bonds. The first-order chi connectivity index (χ1) is 9.52. The fraction of sp³-hybridized carbons (Fsp3) is 0.643. The molecule has 0 bridgehead atoms. The summed E-state index contributed by atoms with van der Waals surface area (Å²) in [4.78, 5) is 24.8. The normalized spacial score (nSPS) is 19.7. The van der Waals surface area contributed by atoms with Gasteiger partial charge in [0.25, 0.3) is 0 Å². The summed E-state index contributed by atoms with van der Waals surface area (Å²) in [6, 6.07) is 1.42. The zero-order chi connectivity index (χ0) is 14.7. The van der Waals surface area contributed by atoms with Gasteiger partial charge < -0.3 is 4.90 Å². The third-order valence-electron chi connectivity index (χ3n) is 3.95. The highest BCUT2D eigenvalue weighted by Gasteiger charge is 2.27. The fourth-order valence-corrected chi connectivity index (χ4v) is 3.75. The second kappa shape index (κ2) is 6.35. The van der Waals surface area contributed by atoms with Gasteiger partial charge >= 0.3 is 5.69 Å². The molecule has 1 atom stereocenters. The molecular formula is C14H20N2O3S. The van der Waals surface area contributed by atoms with Crippen LogP contribution in [-0.4, -0.2) is 23.8 Å². The van der Waals surface area contributed by atoms with Crippen molar-refractivity contribution in [1.29, 1.82) is 0 Å². The highest BCUT2D eigenvalue weighted by atomic mass is 32.1. The van der Waals surface area contributed by atoms with Gasteiger partial charge in [0.05, 0.1) is 9.80 Å². The molecule has 0 aliphatic carbocycles. The van der Waals surface area contributed by atoms with Gasteiger partial charge in [-0.25, -0.2) is 0 Å². The van der Waals surface area contributed by atoms with Gasteiger partial charge in [-0.15, -0.1) is 11.3 Å². The number of ketones is 1. The van der Waals surface area contributed by atoms with Crippen molar-refractivity contribution in [2.75, 3.05) is 18.0 Å². The van der Waals surface area contributed by atoms with E-state index in [1.165, 1.54) is 37.2 Å². The molecular weight excluding hydrogens is 276 g/mol. The number of anilines is 1. The lowest BCUT2D eigenvalue weighted by Crippen LogP contribution is -2.23. The van der Waals surface area contributed by atoms with Crippen molar-refractivity contribution >= 4 is 27.8 Å². The number of Topliss-reactive ketones (excluding diaryl/α,β-unsaturated/α-hetero) is 1. The van der Waals surface area contributed by atoms with E-state index in [-0.39, 0.29) is 16.4 Å². The van der Waals surface area contributed by atoms with E-state index in [4.69, 9.17) is 0 Å². The summed E-state index contributed by atoms with van der Waals surface area (Å²) in [5.74, 6) is 0.608. The molecule has 110 valence electrons. The average molecular weight is 296 g/mol. The SMILES string of the molecule is CCC1CCCN(c2sc(C(C)=O)cc2[N+](=O)[O-])CC1. The summed E-state index contributed by atoms with van der Waals surface area (Å²) < 4.78 is 0. The molecule has 1 aromatic rings. The molecule has 0 N–H and O–H groups in total. The second-order valence-corrected chi connectivity index (χ2v) is 6.34. The van der Waals surface area contributed by atoms with Crippen molar-refractivity contribution < 1.29 is 9.72 Å². The van der Waals surface area contributed by atoms with Gasteiger partial charge in [-0.05, 0) is 32.1 Å². The second-order valence-electron chi connectivity index (χ2n) is 5.31. The van der Waals surface area contributed by atoms with Crippen LogP contribution in [0.1, 0.15) is 49.2 Å².